The Morgan fingerprint density at radius 3 is 2.27 bits per heavy atom. The second kappa shape index (κ2) is 11.5. The second-order valence-corrected chi connectivity index (χ2v) is 11.7. The number of pyridine rings is 1. The van der Waals surface area contributed by atoms with Crippen molar-refractivity contribution in [3.8, 4) is 11.5 Å². The van der Waals surface area contributed by atoms with Crippen LogP contribution in [0.2, 0.25) is 0 Å². The predicted octanol–water partition coefficient (Wildman–Crippen LogP) is 7.61. The lowest BCUT2D eigenvalue weighted by molar-refractivity contribution is -0.139. The van der Waals surface area contributed by atoms with E-state index in [4.69, 9.17) is 9.72 Å². The first kappa shape index (κ1) is 27.4. The molecule has 0 unspecified atom stereocenters. The molecule has 0 radical (unpaired) electrons. The number of amides is 1. The summed E-state index contributed by atoms with van der Waals surface area (Å²) in [7, 11) is 0. The number of carbonyl (C=O) groups is 2. The first-order chi connectivity index (χ1) is 19.2. The molecule has 1 aliphatic carbocycles. The zero-order chi connectivity index (χ0) is 28.3. The van der Waals surface area contributed by atoms with Crippen molar-refractivity contribution in [2.24, 2.45) is 5.92 Å². The molecule has 1 aromatic heterocycles. The molecule has 1 aliphatic rings. The Balaban J connectivity index is 1.45. The van der Waals surface area contributed by atoms with Gasteiger partial charge in [-0.2, -0.15) is 0 Å². The van der Waals surface area contributed by atoms with Crippen LogP contribution in [-0.2, 0) is 16.6 Å². The van der Waals surface area contributed by atoms with E-state index in [1.165, 1.54) is 18.4 Å². The summed E-state index contributed by atoms with van der Waals surface area (Å²) in [6.07, 6.45) is 5.47. The Labute approximate surface area is 235 Å². The van der Waals surface area contributed by atoms with E-state index in [9.17, 15) is 14.7 Å². The van der Waals surface area contributed by atoms with E-state index in [2.05, 4.69) is 38.2 Å². The number of carboxylic acid groups (broad SMARTS) is 1. The van der Waals surface area contributed by atoms with Crippen molar-refractivity contribution in [2.75, 3.05) is 0 Å². The van der Waals surface area contributed by atoms with E-state index in [0.717, 1.165) is 41.5 Å². The quantitative estimate of drug-likeness (QED) is 0.242. The lowest BCUT2D eigenvalue weighted by atomic mass is 9.87. The molecular weight excluding hydrogens is 500 g/mol. The van der Waals surface area contributed by atoms with Crippen molar-refractivity contribution in [2.45, 2.75) is 64.3 Å². The van der Waals surface area contributed by atoms with Crippen LogP contribution in [0.1, 0.15) is 79.8 Å². The normalized spacial score (nSPS) is 14.7. The fraction of sp³-hybridized carbons (Fsp3) is 0.324. The second-order valence-electron chi connectivity index (χ2n) is 11.7. The molecule has 1 atom stereocenters. The molecule has 4 aromatic rings. The van der Waals surface area contributed by atoms with Gasteiger partial charge in [-0.25, -0.2) is 9.78 Å². The van der Waals surface area contributed by atoms with Crippen LogP contribution in [0.15, 0.2) is 78.9 Å². The van der Waals surface area contributed by atoms with Crippen LogP contribution in [0.5, 0.6) is 11.5 Å². The summed E-state index contributed by atoms with van der Waals surface area (Å²) in [6, 6.07) is 23.3. The van der Waals surface area contributed by atoms with Crippen LogP contribution >= 0.6 is 0 Å². The van der Waals surface area contributed by atoms with Crippen LogP contribution in [-0.4, -0.2) is 22.0 Å². The number of nitrogens with zero attached hydrogens (tertiary/aromatic N) is 1. The summed E-state index contributed by atoms with van der Waals surface area (Å²) in [5, 5.41) is 14.3. The van der Waals surface area contributed by atoms with Crippen molar-refractivity contribution in [1.29, 1.82) is 0 Å². The van der Waals surface area contributed by atoms with Gasteiger partial charge in [0.15, 0.2) is 6.04 Å². The molecule has 1 heterocycles. The number of hydrogen-bond donors (Lipinski definition) is 2. The summed E-state index contributed by atoms with van der Waals surface area (Å²) in [5.74, 6) is 0.348. The standard InChI is InChI=1S/C34H36N2O4/c1-34(2,3)25-14-17-26(18-15-25)40-27-16-13-24-20-30(35-29(28(24)21-27)19-22-9-7-8-10-22)32(37)36-31(33(38)39)23-11-5-4-6-12-23/h4-6,11-18,20-22,31H,7-10,19H2,1-3H3,(H,36,37)(H,38,39)/t31-/m1/s1. The van der Waals surface area contributed by atoms with Crippen molar-refractivity contribution < 1.29 is 19.4 Å². The topological polar surface area (TPSA) is 88.5 Å². The van der Waals surface area contributed by atoms with Gasteiger partial charge in [0, 0.05) is 11.1 Å². The Hall–Kier alpha value is -4.19. The minimum atomic E-state index is -1.16. The van der Waals surface area contributed by atoms with Gasteiger partial charge < -0.3 is 15.2 Å². The average Bonchev–Trinajstić information content (AvgIpc) is 3.45. The molecule has 0 saturated heterocycles. The first-order valence-corrected chi connectivity index (χ1v) is 14.0. The molecule has 0 aliphatic heterocycles. The molecule has 206 valence electrons. The summed E-state index contributed by atoms with van der Waals surface area (Å²) in [6.45, 7) is 6.55. The number of ether oxygens (including phenoxy) is 1. The Morgan fingerprint density at radius 1 is 0.950 bits per heavy atom. The number of fused-ring (bicyclic) bond motifs is 1. The summed E-state index contributed by atoms with van der Waals surface area (Å²) in [4.78, 5) is 30.1. The largest absolute Gasteiger partial charge is 0.479 e. The number of carboxylic acids is 1. The monoisotopic (exact) mass is 536 g/mol. The first-order valence-electron chi connectivity index (χ1n) is 14.0. The maximum absolute atomic E-state index is 13.3. The van der Waals surface area contributed by atoms with Gasteiger partial charge >= 0.3 is 5.97 Å². The fourth-order valence-electron chi connectivity index (χ4n) is 5.42. The molecule has 0 bridgehead atoms. The highest BCUT2D eigenvalue weighted by Crippen LogP contribution is 2.33. The molecule has 0 spiro atoms. The van der Waals surface area contributed by atoms with Gasteiger partial charge in [0.1, 0.15) is 17.2 Å². The van der Waals surface area contributed by atoms with E-state index in [0.29, 0.717) is 17.2 Å². The zero-order valence-corrected chi connectivity index (χ0v) is 23.3. The third-order valence-corrected chi connectivity index (χ3v) is 7.68. The molecule has 3 aromatic carbocycles. The minimum Gasteiger partial charge on any atom is -0.479 e. The van der Waals surface area contributed by atoms with E-state index in [1.54, 1.807) is 30.3 Å². The molecule has 1 amide bonds. The van der Waals surface area contributed by atoms with E-state index >= 15 is 0 Å². The van der Waals surface area contributed by atoms with Gasteiger partial charge in [-0.05, 0) is 64.6 Å². The Bertz CT molecular complexity index is 1500. The third kappa shape index (κ3) is 6.33. The van der Waals surface area contributed by atoms with Crippen LogP contribution in [0.4, 0.5) is 0 Å². The van der Waals surface area contributed by atoms with Gasteiger partial charge in [0.2, 0.25) is 0 Å². The third-order valence-electron chi connectivity index (χ3n) is 7.68. The average molecular weight is 537 g/mol. The maximum atomic E-state index is 13.3. The molecular formula is C34H36N2O4. The minimum absolute atomic E-state index is 0.0673. The number of hydrogen-bond acceptors (Lipinski definition) is 4. The Morgan fingerprint density at radius 2 is 1.62 bits per heavy atom. The smallest absolute Gasteiger partial charge is 0.330 e. The molecule has 6 heteroatoms. The van der Waals surface area contributed by atoms with Crippen molar-refractivity contribution in [1.82, 2.24) is 10.3 Å². The summed E-state index contributed by atoms with van der Waals surface area (Å²) in [5.41, 5.74) is 2.87. The summed E-state index contributed by atoms with van der Waals surface area (Å²) < 4.78 is 6.21. The summed E-state index contributed by atoms with van der Waals surface area (Å²) >= 11 is 0. The van der Waals surface area contributed by atoms with Gasteiger partial charge in [0.25, 0.3) is 5.91 Å². The number of carbonyl (C=O) groups excluding carboxylic acids is 1. The highest BCUT2D eigenvalue weighted by Gasteiger charge is 2.25. The SMILES string of the molecule is CC(C)(C)c1ccc(Oc2ccc3cc(C(=O)N[C@@H](C(=O)O)c4ccccc4)nc(CC4CCCC4)c3c2)cc1. The maximum Gasteiger partial charge on any atom is 0.330 e. The van der Waals surface area contributed by atoms with E-state index in [1.807, 2.05) is 36.4 Å². The van der Waals surface area contributed by atoms with Crippen molar-refractivity contribution in [3.05, 3.63) is 101 Å². The molecule has 40 heavy (non-hydrogen) atoms. The van der Waals surface area contributed by atoms with Crippen molar-refractivity contribution >= 4 is 22.6 Å². The number of benzene rings is 3. The van der Waals surface area contributed by atoms with Gasteiger partial charge in [0.05, 0.1) is 0 Å². The fourth-order valence-corrected chi connectivity index (χ4v) is 5.42. The molecule has 5 rings (SSSR count). The highest BCUT2D eigenvalue weighted by atomic mass is 16.5. The molecule has 6 nitrogen and oxygen atoms in total. The number of rotatable bonds is 8. The molecule has 2 N–H and O–H groups in total. The van der Waals surface area contributed by atoms with Gasteiger partial charge in [-0.15, -0.1) is 0 Å². The highest BCUT2D eigenvalue weighted by molar-refractivity contribution is 5.99. The number of nitrogens with one attached hydrogen (secondary N) is 1. The van der Waals surface area contributed by atoms with E-state index in [-0.39, 0.29) is 11.1 Å². The van der Waals surface area contributed by atoms with E-state index < -0.39 is 17.9 Å². The van der Waals surface area contributed by atoms with Gasteiger partial charge in [-0.1, -0.05) is 95.0 Å². The zero-order valence-electron chi connectivity index (χ0n) is 23.3. The van der Waals surface area contributed by atoms with Crippen LogP contribution < -0.4 is 10.1 Å². The molecule has 1 saturated carbocycles. The lowest BCUT2D eigenvalue weighted by Gasteiger charge is -2.19. The van der Waals surface area contributed by atoms with Crippen molar-refractivity contribution in [3.63, 3.8) is 0 Å². The molecule has 1 fully saturated rings. The Kier molecular flexibility index (Phi) is 7.88. The van der Waals surface area contributed by atoms with Crippen LogP contribution in [0, 0.1) is 5.92 Å². The van der Waals surface area contributed by atoms with Gasteiger partial charge in [-0.3, -0.25) is 4.79 Å². The van der Waals surface area contributed by atoms with Crippen LogP contribution in [0.25, 0.3) is 10.8 Å². The number of aromatic nitrogens is 1. The number of aliphatic carboxylic acids is 1. The lowest BCUT2D eigenvalue weighted by Crippen LogP contribution is -2.34. The van der Waals surface area contributed by atoms with Crippen LogP contribution in [0.3, 0.4) is 0 Å². The predicted molar refractivity (Wildman–Crippen MR) is 157 cm³/mol.